The Balaban J connectivity index is 2.22. The van der Waals surface area contributed by atoms with Gasteiger partial charge in [-0.3, -0.25) is 0 Å². The van der Waals surface area contributed by atoms with E-state index >= 15 is 0 Å². The first-order valence-electron chi connectivity index (χ1n) is 7.14. The number of sulfonamides is 1. The number of carbonyl (C=O) groups is 1. The third kappa shape index (κ3) is 3.12. The van der Waals surface area contributed by atoms with Gasteiger partial charge in [-0.25, -0.2) is 9.18 Å². The Hall–Kier alpha value is -3.35. The molecule has 10 nitrogen and oxygen atoms in total. The number of para-hydroxylation sites is 1. The molecule has 3 aromatic rings. The van der Waals surface area contributed by atoms with E-state index in [-0.39, 0.29) is 16.0 Å². The van der Waals surface area contributed by atoms with Gasteiger partial charge >= 0.3 is 22.1 Å². The first kappa shape index (κ1) is 18.4. The van der Waals surface area contributed by atoms with Gasteiger partial charge in [0.2, 0.25) is 5.95 Å². The van der Waals surface area contributed by atoms with Gasteiger partial charge in [0.15, 0.2) is 5.65 Å². The molecule has 0 N–H and O–H groups in total. The Morgan fingerprint density at radius 1 is 1.19 bits per heavy atom. The molecular formula is C14H11F2N5O5S. The van der Waals surface area contributed by atoms with Gasteiger partial charge < -0.3 is 9.47 Å². The average molecular weight is 399 g/mol. The summed E-state index contributed by atoms with van der Waals surface area (Å²) >= 11 is 0. The predicted molar refractivity (Wildman–Crippen MR) is 85.8 cm³/mol. The summed E-state index contributed by atoms with van der Waals surface area (Å²) in [6.45, 7) is 0. The molecule has 1 aromatic carbocycles. The van der Waals surface area contributed by atoms with Gasteiger partial charge in [0.25, 0.3) is 5.16 Å². The third-order valence-electron chi connectivity index (χ3n) is 3.31. The second-order valence-corrected chi connectivity index (χ2v) is 6.60. The molecule has 2 heterocycles. The van der Waals surface area contributed by atoms with Crippen LogP contribution in [0.3, 0.4) is 0 Å². The fourth-order valence-corrected chi connectivity index (χ4v) is 3.40. The van der Waals surface area contributed by atoms with E-state index in [9.17, 15) is 22.0 Å². The summed E-state index contributed by atoms with van der Waals surface area (Å²) in [5, 5.41) is 2.77. The quantitative estimate of drug-likeness (QED) is 0.604. The number of nitrogens with zero attached hydrogens (tertiary/aromatic N) is 5. The van der Waals surface area contributed by atoms with Crippen molar-refractivity contribution in [2.24, 2.45) is 0 Å². The van der Waals surface area contributed by atoms with Crippen molar-refractivity contribution in [2.45, 2.75) is 5.16 Å². The standard InChI is InChI=1S/C14H11F2N5O5S/c1-25-13-17-10(16)7-11-18-12(19-20(11)13)27(23,24)21(14(22)26-2)9-6-4-3-5-8(9)15/h3-7H,1-2H3. The SMILES string of the molecule is COC(=O)N(c1ccccc1F)S(=O)(=O)c1nc2cc(F)nc(OC)n2n1. The number of hydrogen-bond donors (Lipinski definition) is 0. The predicted octanol–water partition coefficient (Wildman–Crippen LogP) is 1.37. The molecule has 13 heteroatoms. The molecule has 142 valence electrons. The molecule has 0 radical (unpaired) electrons. The molecule has 27 heavy (non-hydrogen) atoms. The number of rotatable bonds is 4. The number of benzene rings is 1. The molecule has 0 aliphatic rings. The molecule has 0 unspecified atom stereocenters. The summed E-state index contributed by atoms with van der Waals surface area (Å²) in [5.74, 6) is -1.99. The van der Waals surface area contributed by atoms with Gasteiger partial charge in [0.1, 0.15) is 5.82 Å². The number of fused-ring (bicyclic) bond motifs is 1. The summed E-state index contributed by atoms with van der Waals surface area (Å²) in [4.78, 5) is 19.1. The van der Waals surface area contributed by atoms with Gasteiger partial charge in [-0.1, -0.05) is 12.1 Å². The van der Waals surface area contributed by atoms with Crippen molar-refractivity contribution in [2.75, 3.05) is 18.5 Å². The van der Waals surface area contributed by atoms with E-state index in [1.807, 2.05) is 0 Å². The zero-order valence-electron chi connectivity index (χ0n) is 13.8. The molecule has 0 aliphatic carbocycles. The smallest absolute Gasteiger partial charge is 0.428 e. The van der Waals surface area contributed by atoms with Crippen LogP contribution in [0.1, 0.15) is 0 Å². The number of halogens is 2. The first-order chi connectivity index (χ1) is 12.8. The monoisotopic (exact) mass is 399 g/mol. The van der Waals surface area contributed by atoms with Crippen molar-refractivity contribution in [1.29, 1.82) is 0 Å². The Labute approximate surface area is 151 Å². The lowest BCUT2D eigenvalue weighted by molar-refractivity contribution is 0.183. The van der Waals surface area contributed by atoms with Crippen molar-refractivity contribution >= 4 is 27.5 Å². The van der Waals surface area contributed by atoms with Crippen LogP contribution in [-0.4, -0.2) is 48.3 Å². The molecule has 0 saturated carbocycles. The number of hydrogen-bond acceptors (Lipinski definition) is 8. The van der Waals surface area contributed by atoms with E-state index in [1.54, 1.807) is 0 Å². The van der Waals surface area contributed by atoms with E-state index in [1.165, 1.54) is 12.1 Å². The average Bonchev–Trinajstić information content (AvgIpc) is 3.07. The van der Waals surface area contributed by atoms with Gasteiger partial charge in [0, 0.05) is 6.07 Å². The number of anilines is 1. The highest BCUT2D eigenvalue weighted by molar-refractivity contribution is 7.93. The Morgan fingerprint density at radius 2 is 1.89 bits per heavy atom. The van der Waals surface area contributed by atoms with Crippen molar-refractivity contribution < 1.29 is 31.5 Å². The maximum atomic E-state index is 14.1. The van der Waals surface area contributed by atoms with Crippen LogP contribution in [0.2, 0.25) is 0 Å². The lowest BCUT2D eigenvalue weighted by Crippen LogP contribution is -2.38. The van der Waals surface area contributed by atoms with Crippen LogP contribution in [0.5, 0.6) is 6.01 Å². The first-order valence-corrected chi connectivity index (χ1v) is 8.58. The van der Waals surface area contributed by atoms with Gasteiger partial charge in [-0.2, -0.15) is 31.6 Å². The molecule has 0 saturated heterocycles. The maximum Gasteiger partial charge on any atom is 0.428 e. The number of methoxy groups -OCH3 is 2. The van der Waals surface area contributed by atoms with E-state index in [2.05, 4.69) is 19.8 Å². The van der Waals surface area contributed by atoms with Crippen molar-refractivity contribution in [3.63, 3.8) is 0 Å². The summed E-state index contributed by atoms with van der Waals surface area (Å²) in [6, 6.07) is 5.07. The van der Waals surface area contributed by atoms with E-state index < -0.39 is 38.7 Å². The fraction of sp³-hybridized carbons (Fsp3) is 0.143. The van der Waals surface area contributed by atoms with Crippen LogP contribution >= 0.6 is 0 Å². The molecular weight excluding hydrogens is 388 g/mol. The van der Waals surface area contributed by atoms with Crippen molar-refractivity contribution in [3.8, 4) is 6.01 Å². The molecule has 2 aromatic heterocycles. The van der Waals surface area contributed by atoms with Crippen LogP contribution in [0.25, 0.3) is 5.65 Å². The summed E-state index contributed by atoms with van der Waals surface area (Å²) in [7, 11) is -2.73. The normalized spacial score (nSPS) is 11.4. The van der Waals surface area contributed by atoms with Crippen LogP contribution in [0.4, 0.5) is 19.3 Å². The minimum atomic E-state index is -4.82. The highest BCUT2D eigenvalue weighted by Crippen LogP contribution is 2.26. The molecule has 0 bridgehead atoms. The van der Waals surface area contributed by atoms with E-state index in [0.29, 0.717) is 0 Å². The Kier molecular flexibility index (Phi) is 4.61. The molecule has 1 amide bonds. The third-order valence-corrected chi connectivity index (χ3v) is 4.77. The fourth-order valence-electron chi connectivity index (χ4n) is 2.16. The zero-order chi connectivity index (χ0) is 19.8. The van der Waals surface area contributed by atoms with Crippen molar-refractivity contribution in [1.82, 2.24) is 19.6 Å². The van der Waals surface area contributed by atoms with Crippen LogP contribution in [-0.2, 0) is 14.8 Å². The Morgan fingerprint density at radius 3 is 2.52 bits per heavy atom. The van der Waals surface area contributed by atoms with E-state index in [0.717, 1.165) is 36.9 Å². The second kappa shape index (κ2) is 6.75. The zero-order valence-corrected chi connectivity index (χ0v) is 14.6. The highest BCUT2D eigenvalue weighted by atomic mass is 32.2. The van der Waals surface area contributed by atoms with Gasteiger partial charge in [0.05, 0.1) is 19.9 Å². The molecule has 0 aliphatic heterocycles. The topological polar surface area (TPSA) is 116 Å². The molecule has 3 rings (SSSR count). The largest absolute Gasteiger partial charge is 0.467 e. The lowest BCUT2D eigenvalue weighted by Gasteiger charge is -2.19. The molecule has 0 atom stereocenters. The highest BCUT2D eigenvalue weighted by Gasteiger charge is 2.37. The number of ether oxygens (including phenoxy) is 2. The summed E-state index contributed by atoms with van der Waals surface area (Å²) in [6.07, 6.45) is -1.39. The number of carbonyl (C=O) groups excluding carboxylic acids is 1. The lowest BCUT2D eigenvalue weighted by atomic mass is 10.3. The van der Waals surface area contributed by atoms with Crippen molar-refractivity contribution in [3.05, 3.63) is 42.1 Å². The molecule has 0 spiro atoms. The minimum Gasteiger partial charge on any atom is -0.467 e. The molecule has 0 fully saturated rings. The van der Waals surface area contributed by atoms with Crippen LogP contribution in [0.15, 0.2) is 35.5 Å². The summed E-state index contributed by atoms with van der Waals surface area (Å²) in [5.41, 5.74) is -0.851. The van der Waals surface area contributed by atoms with Crippen LogP contribution < -0.4 is 9.04 Å². The number of amides is 1. The van der Waals surface area contributed by atoms with Gasteiger partial charge in [-0.05, 0) is 12.1 Å². The van der Waals surface area contributed by atoms with E-state index in [4.69, 9.17) is 4.74 Å². The van der Waals surface area contributed by atoms with Gasteiger partial charge in [-0.15, -0.1) is 5.10 Å². The second-order valence-electron chi connectivity index (χ2n) is 4.92. The minimum absolute atomic E-state index is 0.0629. The Bertz CT molecular complexity index is 1130. The summed E-state index contributed by atoms with van der Waals surface area (Å²) < 4.78 is 63.6. The van der Waals surface area contributed by atoms with Crippen LogP contribution in [0, 0.1) is 11.8 Å². The number of aromatic nitrogens is 4. The maximum absolute atomic E-state index is 14.1.